The minimum absolute atomic E-state index is 0.00286. The van der Waals surface area contributed by atoms with Crippen LogP contribution >= 0.6 is 12.2 Å². The maximum atomic E-state index is 13.8. The Bertz CT molecular complexity index is 1090. The number of ether oxygens (including phenoxy) is 1. The van der Waals surface area contributed by atoms with E-state index in [0.717, 1.165) is 24.8 Å². The summed E-state index contributed by atoms with van der Waals surface area (Å²) < 4.78 is 7.99. The van der Waals surface area contributed by atoms with Gasteiger partial charge < -0.3 is 14.2 Å². The molecule has 1 amide bonds. The molecule has 164 valence electrons. The standard InChI is InChI=1S/C23H29N5O2S/c1-4-7-12-27(11-5-2)22(29)20(17-9-8-10-18(14-17)30-13-6-3)28-16-24-21-19(23(28)31)15-25-26-21/h6,8-10,14-16,20H,3-5,7,11-13H2,1-2H3,(H,25,26). The van der Waals surface area contributed by atoms with E-state index in [1.165, 1.54) is 0 Å². The summed E-state index contributed by atoms with van der Waals surface area (Å²) >= 11 is 5.73. The number of amides is 1. The van der Waals surface area contributed by atoms with E-state index in [1.807, 2.05) is 29.2 Å². The number of rotatable bonds is 11. The molecule has 2 aromatic heterocycles. The van der Waals surface area contributed by atoms with Crippen molar-refractivity contribution in [1.82, 2.24) is 24.6 Å². The summed E-state index contributed by atoms with van der Waals surface area (Å²) in [7, 11) is 0. The highest BCUT2D eigenvalue weighted by atomic mass is 32.1. The molecule has 0 radical (unpaired) electrons. The van der Waals surface area contributed by atoms with Crippen molar-refractivity contribution in [2.24, 2.45) is 0 Å². The lowest BCUT2D eigenvalue weighted by atomic mass is 10.0. The Morgan fingerprint density at radius 2 is 2.19 bits per heavy atom. The van der Waals surface area contributed by atoms with Crippen molar-refractivity contribution in [2.75, 3.05) is 19.7 Å². The summed E-state index contributed by atoms with van der Waals surface area (Å²) in [6.45, 7) is 9.69. The van der Waals surface area contributed by atoms with Gasteiger partial charge >= 0.3 is 0 Å². The predicted molar refractivity (Wildman–Crippen MR) is 125 cm³/mol. The third-order valence-electron chi connectivity index (χ3n) is 5.04. The van der Waals surface area contributed by atoms with Crippen LogP contribution in [0.15, 0.2) is 49.4 Å². The van der Waals surface area contributed by atoms with Crippen LogP contribution in [0.1, 0.15) is 44.7 Å². The van der Waals surface area contributed by atoms with Crippen molar-refractivity contribution < 1.29 is 9.53 Å². The number of nitrogens with zero attached hydrogens (tertiary/aromatic N) is 4. The normalized spacial score (nSPS) is 11.9. The van der Waals surface area contributed by atoms with Gasteiger partial charge in [0.1, 0.15) is 23.0 Å². The van der Waals surface area contributed by atoms with Crippen LogP contribution in [0.25, 0.3) is 11.0 Å². The van der Waals surface area contributed by atoms with E-state index in [4.69, 9.17) is 17.0 Å². The Kier molecular flexibility index (Phi) is 7.94. The molecule has 0 bridgehead atoms. The van der Waals surface area contributed by atoms with Crippen molar-refractivity contribution in [2.45, 2.75) is 39.2 Å². The number of aromatic amines is 1. The quantitative estimate of drug-likeness (QED) is 0.347. The Hall–Kier alpha value is -3.00. The highest BCUT2D eigenvalue weighted by Crippen LogP contribution is 2.27. The summed E-state index contributed by atoms with van der Waals surface area (Å²) in [5.41, 5.74) is 1.40. The summed E-state index contributed by atoms with van der Waals surface area (Å²) in [4.78, 5) is 20.2. The number of fused-ring (bicyclic) bond motifs is 1. The van der Waals surface area contributed by atoms with Crippen LogP contribution in [0.2, 0.25) is 0 Å². The average molecular weight is 440 g/mol. The lowest BCUT2D eigenvalue weighted by Gasteiger charge is -2.29. The minimum Gasteiger partial charge on any atom is -0.490 e. The SMILES string of the molecule is C=CCOc1cccc(C(C(=O)N(CCC)CCCC)n2cnc3[nH]ncc3c2=S)c1. The van der Waals surface area contributed by atoms with Gasteiger partial charge in [-0.1, -0.05) is 57.3 Å². The lowest BCUT2D eigenvalue weighted by Crippen LogP contribution is -2.39. The first kappa shape index (κ1) is 22.7. The Morgan fingerprint density at radius 3 is 2.94 bits per heavy atom. The second kappa shape index (κ2) is 10.9. The highest BCUT2D eigenvalue weighted by molar-refractivity contribution is 7.71. The number of carbonyl (C=O) groups is 1. The van der Waals surface area contributed by atoms with Gasteiger partial charge in [0.25, 0.3) is 0 Å². The summed E-state index contributed by atoms with van der Waals surface area (Å²) in [6.07, 6.45) is 7.81. The number of benzene rings is 1. The fourth-order valence-corrected chi connectivity index (χ4v) is 3.81. The summed E-state index contributed by atoms with van der Waals surface area (Å²) in [6, 6.07) is 6.92. The third kappa shape index (κ3) is 5.19. The molecule has 1 unspecified atom stereocenters. The smallest absolute Gasteiger partial charge is 0.250 e. The van der Waals surface area contributed by atoms with Crippen LogP contribution < -0.4 is 4.74 Å². The fourth-order valence-electron chi connectivity index (χ4n) is 3.51. The molecule has 0 aliphatic carbocycles. The van der Waals surface area contributed by atoms with E-state index in [1.54, 1.807) is 23.2 Å². The van der Waals surface area contributed by atoms with E-state index in [9.17, 15) is 4.79 Å². The number of aromatic nitrogens is 4. The van der Waals surface area contributed by atoms with Crippen LogP contribution in [0.5, 0.6) is 5.75 Å². The molecule has 0 aliphatic heterocycles. The van der Waals surface area contributed by atoms with Gasteiger partial charge in [-0.25, -0.2) is 4.98 Å². The Labute approximate surface area is 187 Å². The zero-order valence-electron chi connectivity index (χ0n) is 18.1. The molecule has 2 heterocycles. The van der Waals surface area contributed by atoms with Gasteiger partial charge in [0.2, 0.25) is 5.91 Å². The zero-order chi connectivity index (χ0) is 22.2. The van der Waals surface area contributed by atoms with Gasteiger partial charge in [-0.2, -0.15) is 5.10 Å². The molecule has 31 heavy (non-hydrogen) atoms. The first-order valence-corrected chi connectivity index (χ1v) is 11.0. The second-order valence-corrected chi connectivity index (χ2v) is 7.73. The maximum Gasteiger partial charge on any atom is 0.250 e. The molecule has 1 atom stereocenters. The molecule has 3 aromatic rings. The zero-order valence-corrected chi connectivity index (χ0v) is 18.9. The van der Waals surface area contributed by atoms with Gasteiger partial charge in [0.15, 0.2) is 5.65 Å². The van der Waals surface area contributed by atoms with Crippen molar-refractivity contribution in [3.8, 4) is 5.75 Å². The first-order valence-electron chi connectivity index (χ1n) is 10.6. The maximum absolute atomic E-state index is 13.8. The minimum atomic E-state index is -0.644. The average Bonchev–Trinajstić information content (AvgIpc) is 3.27. The molecule has 0 saturated carbocycles. The Balaban J connectivity index is 2.11. The van der Waals surface area contributed by atoms with E-state index in [0.29, 0.717) is 41.1 Å². The number of carbonyl (C=O) groups excluding carboxylic acids is 1. The molecule has 3 rings (SSSR count). The molecule has 1 aromatic carbocycles. The van der Waals surface area contributed by atoms with Crippen LogP contribution in [-0.2, 0) is 4.79 Å². The van der Waals surface area contributed by atoms with E-state index in [2.05, 4.69) is 35.6 Å². The van der Waals surface area contributed by atoms with E-state index in [-0.39, 0.29) is 5.91 Å². The molecular weight excluding hydrogens is 410 g/mol. The first-order chi connectivity index (χ1) is 15.1. The highest BCUT2D eigenvalue weighted by Gasteiger charge is 2.28. The summed E-state index contributed by atoms with van der Waals surface area (Å²) in [5.74, 6) is 0.673. The molecule has 1 N–H and O–H groups in total. The van der Waals surface area contributed by atoms with Gasteiger partial charge in [0.05, 0.1) is 17.9 Å². The molecule has 0 spiro atoms. The number of nitrogens with one attached hydrogen (secondary N) is 1. The van der Waals surface area contributed by atoms with Crippen molar-refractivity contribution in [3.05, 3.63) is 59.6 Å². The van der Waals surface area contributed by atoms with Crippen molar-refractivity contribution in [1.29, 1.82) is 0 Å². The molecule has 8 heteroatoms. The van der Waals surface area contributed by atoms with E-state index < -0.39 is 6.04 Å². The molecule has 0 aliphatic rings. The van der Waals surface area contributed by atoms with Crippen molar-refractivity contribution >= 4 is 29.2 Å². The fraction of sp³-hybridized carbons (Fsp3) is 0.391. The van der Waals surface area contributed by atoms with Crippen LogP contribution in [0.4, 0.5) is 0 Å². The number of H-pyrrole nitrogens is 1. The predicted octanol–water partition coefficient (Wildman–Crippen LogP) is 4.68. The van der Waals surface area contributed by atoms with Crippen molar-refractivity contribution in [3.63, 3.8) is 0 Å². The molecule has 0 saturated heterocycles. The Morgan fingerprint density at radius 1 is 1.35 bits per heavy atom. The van der Waals surface area contributed by atoms with Crippen LogP contribution in [0.3, 0.4) is 0 Å². The molecule has 7 nitrogen and oxygen atoms in total. The number of hydrogen-bond acceptors (Lipinski definition) is 5. The molecule has 0 fully saturated rings. The van der Waals surface area contributed by atoms with Gasteiger partial charge in [-0.05, 0) is 30.5 Å². The topological polar surface area (TPSA) is 76.0 Å². The van der Waals surface area contributed by atoms with Gasteiger partial charge in [-0.3, -0.25) is 9.89 Å². The third-order valence-corrected chi connectivity index (χ3v) is 5.47. The monoisotopic (exact) mass is 439 g/mol. The van der Waals surface area contributed by atoms with Gasteiger partial charge in [-0.15, -0.1) is 0 Å². The largest absolute Gasteiger partial charge is 0.490 e. The second-order valence-electron chi connectivity index (χ2n) is 7.34. The van der Waals surface area contributed by atoms with Crippen LogP contribution in [0, 0.1) is 4.64 Å². The molecular formula is C23H29N5O2S. The summed E-state index contributed by atoms with van der Waals surface area (Å²) in [5, 5.41) is 7.59. The van der Waals surface area contributed by atoms with Gasteiger partial charge in [0, 0.05) is 13.1 Å². The van der Waals surface area contributed by atoms with E-state index >= 15 is 0 Å². The number of hydrogen-bond donors (Lipinski definition) is 1. The lowest BCUT2D eigenvalue weighted by molar-refractivity contribution is -0.133. The van der Waals surface area contributed by atoms with Crippen LogP contribution in [-0.4, -0.2) is 50.3 Å². The number of unbranched alkanes of at least 4 members (excludes halogenated alkanes) is 1.